The number of hydrogen-bond acceptors (Lipinski definition) is 4. The van der Waals surface area contributed by atoms with Crippen molar-refractivity contribution in [1.29, 1.82) is 0 Å². The second-order valence-corrected chi connectivity index (χ2v) is 7.35. The van der Waals surface area contributed by atoms with Crippen LogP contribution in [0.2, 0.25) is 0 Å². The van der Waals surface area contributed by atoms with Gasteiger partial charge >= 0.3 is 0 Å². The zero-order chi connectivity index (χ0) is 13.3. The smallest absolute Gasteiger partial charge is 0.272 e. The molecular formula is C14H24N2O3S. The van der Waals surface area contributed by atoms with Crippen molar-refractivity contribution in [3.8, 4) is 0 Å². The summed E-state index contributed by atoms with van der Waals surface area (Å²) in [7, 11) is -3.47. The fourth-order valence-corrected chi connectivity index (χ4v) is 5.20. The Labute approximate surface area is 121 Å². The number of imidazole rings is 1. The Kier molecular flexibility index (Phi) is 4.86. The lowest BCUT2D eigenvalue weighted by Crippen LogP contribution is -2.37. The molecule has 2 heterocycles. The third-order valence-corrected chi connectivity index (χ3v) is 6.19. The van der Waals surface area contributed by atoms with E-state index in [1.165, 1.54) is 0 Å². The molecule has 0 N–H and O–H groups in total. The monoisotopic (exact) mass is 300 g/mol. The molecule has 3 atom stereocenters. The van der Waals surface area contributed by atoms with Crippen molar-refractivity contribution in [2.75, 3.05) is 0 Å². The molecule has 1 aromatic heterocycles. The lowest BCUT2D eigenvalue weighted by atomic mass is 9.85. The quantitative estimate of drug-likeness (QED) is 0.748. The first-order valence-corrected chi connectivity index (χ1v) is 8.53. The molecule has 1 aliphatic carbocycles. The average molecular weight is 300 g/mol. The zero-order valence-electron chi connectivity index (χ0n) is 10.9. The highest BCUT2D eigenvalue weighted by atomic mass is 32.2. The second kappa shape index (κ2) is 6.26. The van der Waals surface area contributed by atoms with Crippen molar-refractivity contribution in [3.05, 3.63) is 18.7 Å². The summed E-state index contributed by atoms with van der Waals surface area (Å²) in [5, 5.41) is -0.299. The molecule has 0 radical (unpaired) electrons. The van der Waals surface area contributed by atoms with E-state index in [9.17, 15) is 8.42 Å². The molecule has 0 spiro atoms. The first kappa shape index (κ1) is 15.5. The van der Waals surface area contributed by atoms with Crippen LogP contribution in [-0.2, 0) is 14.3 Å². The number of nitrogens with zero attached hydrogens (tertiary/aromatic N) is 2. The van der Waals surface area contributed by atoms with Gasteiger partial charge in [-0.1, -0.05) is 20.3 Å². The van der Waals surface area contributed by atoms with Crippen LogP contribution in [0.3, 0.4) is 0 Å². The van der Waals surface area contributed by atoms with Gasteiger partial charge in [-0.3, -0.25) is 0 Å². The molecule has 5 nitrogen and oxygen atoms in total. The van der Waals surface area contributed by atoms with Crippen LogP contribution in [-0.4, -0.2) is 23.2 Å². The van der Waals surface area contributed by atoms with Gasteiger partial charge in [-0.05, 0) is 38.0 Å². The Morgan fingerprint density at radius 2 is 1.85 bits per heavy atom. The Bertz CT molecular complexity index is 513. The molecule has 1 aromatic rings. The fourth-order valence-electron chi connectivity index (χ4n) is 3.35. The van der Waals surface area contributed by atoms with E-state index >= 15 is 0 Å². The highest BCUT2D eigenvalue weighted by Crippen LogP contribution is 2.38. The van der Waals surface area contributed by atoms with Crippen LogP contribution in [0.5, 0.6) is 0 Å². The molecule has 6 heteroatoms. The van der Waals surface area contributed by atoms with Crippen molar-refractivity contribution in [3.63, 3.8) is 0 Å². The third kappa shape index (κ3) is 3.06. The number of hydrogen-bond donors (Lipinski definition) is 0. The van der Waals surface area contributed by atoms with E-state index < -0.39 is 16.3 Å². The molecule has 3 unspecified atom stereocenters. The minimum absolute atomic E-state index is 0. The normalized spacial score (nSPS) is 33.3. The van der Waals surface area contributed by atoms with Gasteiger partial charge in [-0.2, -0.15) is 8.42 Å². The molecule has 0 bridgehead atoms. The van der Waals surface area contributed by atoms with Gasteiger partial charge in [0, 0.05) is 12.4 Å². The van der Waals surface area contributed by atoms with Crippen LogP contribution in [0.4, 0.5) is 0 Å². The van der Waals surface area contributed by atoms with Gasteiger partial charge in [0.05, 0.1) is 11.6 Å². The Morgan fingerprint density at radius 3 is 2.60 bits per heavy atom. The molecule has 2 fully saturated rings. The van der Waals surface area contributed by atoms with Crippen LogP contribution in [0.1, 0.15) is 58.6 Å². The molecule has 1 saturated heterocycles. The molecule has 1 saturated carbocycles. The lowest BCUT2D eigenvalue weighted by Gasteiger charge is -2.34. The summed E-state index contributed by atoms with van der Waals surface area (Å²) in [6.07, 6.45) is 11.3. The summed E-state index contributed by atoms with van der Waals surface area (Å²) in [6, 6.07) is 0. The van der Waals surface area contributed by atoms with Crippen molar-refractivity contribution < 1.29 is 12.6 Å². The highest BCUT2D eigenvalue weighted by Gasteiger charge is 2.39. The lowest BCUT2D eigenvalue weighted by molar-refractivity contribution is 0.107. The van der Waals surface area contributed by atoms with Crippen LogP contribution >= 0.6 is 0 Å². The number of fused-ring (bicyclic) bond motifs is 1. The topological polar surface area (TPSA) is 61.2 Å². The maximum atomic E-state index is 12.4. The maximum Gasteiger partial charge on any atom is 0.272 e. The van der Waals surface area contributed by atoms with Crippen LogP contribution in [0.15, 0.2) is 18.7 Å². The van der Waals surface area contributed by atoms with E-state index in [-0.39, 0.29) is 12.7 Å². The number of aromatic nitrogens is 2. The van der Waals surface area contributed by atoms with E-state index in [1.54, 1.807) is 23.3 Å². The van der Waals surface area contributed by atoms with Gasteiger partial charge < -0.3 is 4.57 Å². The van der Waals surface area contributed by atoms with Gasteiger partial charge in [0.1, 0.15) is 0 Å². The molecule has 114 valence electrons. The summed E-state index contributed by atoms with van der Waals surface area (Å²) in [6.45, 7) is 0. The molecule has 3 rings (SSSR count). The standard InChI is InChI=1S/C13H20N2O3S.CH4/c16-19(17)12-6-2-1-4-11(12)5-3-7-13(18-19)15-9-8-14-10-15;/h8-13H,1-7H2;1H4. The largest absolute Gasteiger partial charge is 0.310 e. The summed E-state index contributed by atoms with van der Waals surface area (Å²) in [5.74, 6) is 0.294. The fraction of sp³-hybridized carbons (Fsp3) is 0.786. The summed E-state index contributed by atoms with van der Waals surface area (Å²) in [5.41, 5.74) is 0. The minimum atomic E-state index is -3.47. The van der Waals surface area contributed by atoms with Gasteiger partial charge in [-0.15, -0.1) is 0 Å². The van der Waals surface area contributed by atoms with Gasteiger partial charge in [0.25, 0.3) is 10.1 Å². The highest BCUT2D eigenvalue weighted by molar-refractivity contribution is 7.87. The SMILES string of the molecule is C.O=S1(=O)OC(n2ccnc2)CCCC2CCCCC21. The molecule has 20 heavy (non-hydrogen) atoms. The van der Waals surface area contributed by atoms with Gasteiger partial charge in [0.15, 0.2) is 6.23 Å². The third-order valence-electron chi connectivity index (χ3n) is 4.34. The molecule has 0 aromatic carbocycles. The molecule has 1 aliphatic heterocycles. The van der Waals surface area contributed by atoms with Crippen LogP contribution in [0, 0.1) is 5.92 Å². The molecular weight excluding hydrogens is 276 g/mol. The van der Waals surface area contributed by atoms with E-state index in [0.717, 1.165) is 44.9 Å². The Morgan fingerprint density at radius 1 is 1.10 bits per heavy atom. The van der Waals surface area contributed by atoms with Crippen LogP contribution in [0.25, 0.3) is 0 Å². The van der Waals surface area contributed by atoms with Crippen molar-refractivity contribution in [2.24, 2.45) is 5.92 Å². The summed E-state index contributed by atoms with van der Waals surface area (Å²) in [4.78, 5) is 3.97. The van der Waals surface area contributed by atoms with Crippen molar-refractivity contribution >= 4 is 10.1 Å². The maximum absolute atomic E-state index is 12.4. The minimum Gasteiger partial charge on any atom is -0.310 e. The van der Waals surface area contributed by atoms with E-state index in [2.05, 4.69) is 4.98 Å². The van der Waals surface area contributed by atoms with E-state index in [1.807, 2.05) is 0 Å². The zero-order valence-corrected chi connectivity index (χ0v) is 11.8. The predicted molar refractivity (Wildman–Crippen MR) is 77.6 cm³/mol. The van der Waals surface area contributed by atoms with E-state index in [0.29, 0.717) is 5.92 Å². The second-order valence-electron chi connectivity index (χ2n) is 5.57. The van der Waals surface area contributed by atoms with E-state index in [4.69, 9.17) is 4.18 Å². The van der Waals surface area contributed by atoms with Gasteiger partial charge in [0.2, 0.25) is 0 Å². The van der Waals surface area contributed by atoms with Crippen molar-refractivity contribution in [1.82, 2.24) is 9.55 Å². The van der Waals surface area contributed by atoms with Crippen molar-refractivity contribution in [2.45, 2.75) is 63.9 Å². The number of rotatable bonds is 1. The first-order chi connectivity index (χ1) is 9.17. The summed E-state index contributed by atoms with van der Waals surface area (Å²) >= 11 is 0. The molecule has 0 amide bonds. The van der Waals surface area contributed by atoms with Crippen LogP contribution < -0.4 is 0 Å². The Balaban J connectivity index is 0.00000147. The Hall–Kier alpha value is -0.880. The first-order valence-electron chi connectivity index (χ1n) is 7.06. The molecule has 2 aliphatic rings. The predicted octanol–water partition coefficient (Wildman–Crippen LogP) is 3.11. The average Bonchev–Trinajstić information content (AvgIpc) is 2.90. The summed E-state index contributed by atoms with van der Waals surface area (Å²) < 4.78 is 32.1. The van der Waals surface area contributed by atoms with Gasteiger partial charge in [-0.25, -0.2) is 9.17 Å².